The standard InChI is InChI=1S/C13H13FO4/c1-13(14)10(9(7-15)18-12(13)17)11(16)8-5-3-2-4-6-8/h2-6,9-10,15H,7H2,1H3/t9-,10+,13+/m0/s1. The van der Waals surface area contributed by atoms with Crippen molar-refractivity contribution < 1.29 is 23.8 Å². The lowest BCUT2D eigenvalue weighted by molar-refractivity contribution is -0.150. The number of Topliss-reactive ketones (excluding diaryl/α,β-unsaturated/α-hetero) is 1. The van der Waals surface area contributed by atoms with Gasteiger partial charge in [0.1, 0.15) is 12.0 Å². The van der Waals surface area contributed by atoms with Crippen LogP contribution in [-0.4, -0.2) is 35.2 Å². The summed E-state index contributed by atoms with van der Waals surface area (Å²) in [5.74, 6) is -2.95. The van der Waals surface area contributed by atoms with Gasteiger partial charge in [-0.25, -0.2) is 9.18 Å². The van der Waals surface area contributed by atoms with Crippen molar-refractivity contribution in [1.82, 2.24) is 0 Å². The van der Waals surface area contributed by atoms with Crippen LogP contribution in [0, 0.1) is 5.92 Å². The second kappa shape index (κ2) is 4.49. The minimum atomic E-state index is -2.40. The predicted octanol–water partition coefficient (Wildman–Crippen LogP) is 1.13. The molecule has 1 aromatic rings. The fraction of sp³-hybridized carbons (Fsp3) is 0.385. The molecule has 0 spiro atoms. The average Bonchev–Trinajstić information content (AvgIpc) is 2.60. The number of aliphatic hydroxyl groups excluding tert-OH is 1. The second-order valence-corrected chi connectivity index (χ2v) is 4.41. The highest BCUT2D eigenvalue weighted by atomic mass is 19.1. The maximum absolute atomic E-state index is 14.2. The Kier molecular flexibility index (Phi) is 3.17. The maximum Gasteiger partial charge on any atom is 0.344 e. The van der Waals surface area contributed by atoms with Crippen molar-refractivity contribution in [3.05, 3.63) is 35.9 Å². The number of hydrogen-bond acceptors (Lipinski definition) is 4. The Morgan fingerprint density at radius 3 is 2.61 bits per heavy atom. The summed E-state index contributed by atoms with van der Waals surface area (Å²) in [4.78, 5) is 23.5. The molecule has 1 fully saturated rings. The van der Waals surface area contributed by atoms with Gasteiger partial charge in [-0.1, -0.05) is 30.3 Å². The molecular weight excluding hydrogens is 239 g/mol. The third kappa shape index (κ3) is 1.90. The highest BCUT2D eigenvalue weighted by Gasteiger charge is 2.58. The van der Waals surface area contributed by atoms with Crippen LogP contribution in [0.5, 0.6) is 0 Å². The first-order valence-corrected chi connectivity index (χ1v) is 5.58. The van der Waals surface area contributed by atoms with E-state index < -0.39 is 36.1 Å². The minimum absolute atomic E-state index is 0.295. The highest BCUT2D eigenvalue weighted by Crippen LogP contribution is 2.37. The van der Waals surface area contributed by atoms with Gasteiger partial charge < -0.3 is 9.84 Å². The van der Waals surface area contributed by atoms with Gasteiger partial charge in [0.25, 0.3) is 0 Å². The number of benzene rings is 1. The molecule has 0 radical (unpaired) electrons. The number of carbonyl (C=O) groups excluding carboxylic acids is 2. The lowest BCUT2D eigenvalue weighted by Crippen LogP contribution is -2.40. The molecule has 0 aliphatic carbocycles. The van der Waals surface area contributed by atoms with Crippen LogP contribution in [0.15, 0.2) is 30.3 Å². The molecule has 1 aromatic carbocycles. The van der Waals surface area contributed by atoms with Gasteiger partial charge in [-0.15, -0.1) is 0 Å². The Hall–Kier alpha value is -1.75. The summed E-state index contributed by atoms with van der Waals surface area (Å²) in [6, 6.07) is 8.10. The number of cyclic esters (lactones) is 1. The van der Waals surface area contributed by atoms with Crippen molar-refractivity contribution >= 4 is 11.8 Å². The molecule has 0 amide bonds. The molecule has 1 N–H and O–H groups in total. The lowest BCUT2D eigenvalue weighted by Gasteiger charge is -2.20. The van der Waals surface area contributed by atoms with Crippen molar-refractivity contribution in [1.29, 1.82) is 0 Å². The van der Waals surface area contributed by atoms with Crippen molar-refractivity contribution in [2.24, 2.45) is 5.92 Å². The van der Waals surface area contributed by atoms with E-state index in [0.29, 0.717) is 5.56 Å². The van der Waals surface area contributed by atoms with E-state index in [9.17, 15) is 14.0 Å². The molecule has 4 nitrogen and oxygen atoms in total. The van der Waals surface area contributed by atoms with Crippen LogP contribution >= 0.6 is 0 Å². The number of ether oxygens (including phenoxy) is 1. The van der Waals surface area contributed by atoms with Crippen molar-refractivity contribution in [3.63, 3.8) is 0 Å². The summed E-state index contributed by atoms with van der Waals surface area (Å²) in [5, 5.41) is 9.09. The number of hydrogen-bond donors (Lipinski definition) is 1. The van der Waals surface area contributed by atoms with Crippen LogP contribution in [0.3, 0.4) is 0 Å². The van der Waals surface area contributed by atoms with Gasteiger partial charge in [0, 0.05) is 5.56 Å². The number of carbonyl (C=O) groups is 2. The minimum Gasteiger partial charge on any atom is -0.457 e. The average molecular weight is 252 g/mol. The third-order valence-corrected chi connectivity index (χ3v) is 3.13. The van der Waals surface area contributed by atoms with Gasteiger partial charge in [-0.2, -0.15) is 0 Å². The molecule has 1 aliphatic rings. The Bertz CT molecular complexity index is 469. The van der Waals surface area contributed by atoms with E-state index in [4.69, 9.17) is 9.84 Å². The number of ketones is 1. The molecule has 0 unspecified atom stereocenters. The van der Waals surface area contributed by atoms with E-state index in [1.165, 1.54) is 12.1 Å². The zero-order chi connectivity index (χ0) is 13.3. The van der Waals surface area contributed by atoms with E-state index in [1.54, 1.807) is 18.2 Å². The van der Waals surface area contributed by atoms with Crippen LogP contribution in [-0.2, 0) is 9.53 Å². The highest BCUT2D eigenvalue weighted by molar-refractivity contribution is 6.03. The third-order valence-electron chi connectivity index (χ3n) is 3.13. The van der Waals surface area contributed by atoms with Gasteiger partial charge in [0.2, 0.25) is 5.67 Å². The molecule has 5 heteroatoms. The zero-order valence-electron chi connectivity index (χ0n) is 9.80. The Balaban J connectivity index is 2.36. The first kappa shape index (κ1) is 12.7. The van der Waals surface area contributed by atoms with Crippen LogP contribution in [0.2, 0.25) is 0 Å². The van der Waals surface area contributed by atoms with Gasteiger partial charge >= 0.3 is 5.97 Å². The molecular formula is C13H13FO4. The molecule has 1 aliphatic heterocycles. The SMILES string of the molecule is C[C@]1(F)C(=O)O[C@@H](CO)[C@@H]1C(=O)c1ccccc1. The quantitative estimate of drug-likeness (QED) is 0.647. The van der Waals surface area contributed by atoms with Crippen molar-refractivity contribution in [3.8, 4) is 0 Å². The lowest BCUT2D eigenvalue weighted by atomic mass is 9.83. The summed E-state index contributed by atoms with van der Waals surface area (Å²) >= 11 is 0. The number of aliphatic hydroxyl groups is 1. The van der Waals surface area contributed by atoms with Crippen LogP contribution < -0.4 is 0 Å². The first-order valence-electron chi connectivity index (χ1n) is 5.58. The fourth-order valence-corrected chi connectivity index (χ4v) is 2.14. The van der Waals surface area contributed by atoms with Crippen molar-refractivity contribution in [2.75, 3.05) is 6.61 Å². The summed E-state index contributed by atoms with van der Waals surface area (Å²) < 4.78 is 18.9. The Morgan fingerprint density at radius 2 is 2.06 bits per heavy atom. The maximum atomic E-state index is 14.2. The van der Waals surface area contributed by atoms with E-state index >= 15 is 0 Å². The summed E-state index contributed by atoms with van der Waals surface area (Å²) in [6.45, 7) is 0.436. The molecule has 0 aromatic heterocycles. The van der Waals surface area contributed by atoms with Crippen molar-refractivity contribution in [2.45, 2.75) is 18.7 Å². The Morgan fingerprint density at radius 1 is 1.44 bits per heavy atom. The van der Waals surface area contributed by atoms with Gasteiger partial charge in [-0.05, 0) is 6.92 Å². The zero-order valence-corrected chi connectivity index (χ0v) is 9.80. The monoisotopic (exact) mass is 252 g/mol. The van der Waals surface area contributed by atoms with Gasteiger partial charge in [0.05, 0.1) is 6.61 Å². The number of halogens is 1. The summed E-state index contributed by atoms with van der Waals surface area (Å²) in [6.07, 6.45) is -1.12. The number of alkyl halides is 1. The smallest absolute Gasteiger partial charge is 0.344 e. The van der Waals surface area contributed by atoms with Crippen LogP contribution in [0.4, 0.5) is 4.39 Å². The topological polar surface area (TPSA) is 63.6 Å². The Labute approximate surface area is 103 Å². The number of rotatable bonds is 3. The molecule has 0 bridgehead atoms. The van der Waals surface area contributed by atoms with E-state index in [0.717, 1.165) is 6.92 Å². The molecule has 1 saturated heterocycles. The molecule has 96 valence electrons. The predicted molar refractivity (Wildman–Crippen MR) is 60.7 cm³/mol. The largest absolute Gasteiger partial charge is 0.457 e. The normalized spacial score (nSPS) is 31.2. The summed E-state index contributed by atoms with van der Waals surface area (Å²) in [5.41, 5.74) is -2.11. The molecule has 1 heterocycles. The van der Waals surface area contributed by atoms with Gasteiger partial charge in [-0.3, -0.25) is 4.79 Å². The summed E-state index contributed by atoms with van der Waals surface area (Å²) in [7, 11) is 0. The fourth-order valence-electron chi connectivity index (χ4n) is 2.14. The first-order chi connectivity index (χ1) is 8.48. The molecule has 3 atom stereocenters. The second-order valence-electron chi connectivity index (χ2n) is 4.41. The van der Waals surface area contributed by atoms with E-state index in [2.05, 4.69) is 0 Å². The van der Waals surface area contributed by atoms with Gasteiger partial charge in [0.15, 0.2) is 5.78 Å². The molecule has 2 rings (SSSR count). The molecule has 18 heavy (non-hydrogen) atoms. The van der Waals surface area contributed by atoms with E-state index in [1.807, 2.05) is 0 Å². The van der Waals surface area contributed by atoms with E-state index in [-0.39, 0.29) is 0 Å². The number of esters is 1. The molecule has 0 saturated carbocycles. The van der Waals surface area contributed by atoms with Crippen LogP contribution in [0.25, 0.3) is 0 Å². The van der Waals surface area contributed by atoms with Crippen LogP contribution in [0.1, 0.15) is 17.3 Å².